The van der Waals surface area contributed by atoms with E-state index in [1.54, 1.807) is 17.8 Å². The van der Waals surface area contributed by atoms with Gasteiger partial charge in [-0.25, -0.2) is 9.59 Å². The van der Waals surface area contributed by atoms with Gasteiger partial charge in [-0.05, 0) is 39.7 Å². The highest BCUT2D eigenvalue weighted by Crippen LogP contribution is 2.24. The number of esters is 2. The Morgan fingerprint density at radius 1 is 1.21 bits per heavy atom. The van der Waals surface area contributed by atoms with Crippen LogP contribution in [0.15, 0.2) is 12.4 Å². The molecule has 0 fully saturated rings. The first-order valence-electron chi connectivity index (χ1n) is 9.48. The molecule has 0 aliphatic rings. The van der Waals surface area contributed by atoms with Gasteiger partial charge in [-0.15, -0.1) is 0 Å². The third kappa shape index (κ3) is 5.45. The van der Waals surface area contributed by atoms with Crippen LogP contribution in [-0.2, 0) is 36.0 Å². The van der Waals surface area contributed by atoms with Gasteiger partial charge in [0, 0.05) is 37.6 Å². The molecule has 0 aliphatic heterocycles. The largest absolute Gasteiger partial charge is 0.462 e. The van der Waals surface area contributed by atoms with Crippen molar-refractivity contribution in [1.82, 2.24) is 20.1 Å². The van der Waals surface area contributed by atoms with Gasteiger partial charge in [-0.2, -0.15) is 5.10 Å². The summed E-state index contributed by atoms with van der Waals surface area (Å²) in [6.45, 7) is 10.3. The molecule has 0 aliphatic carbocycles. The van der Waals surface area contributed by atoms with Gasteiger partial charge in [0.25, 0.3) is 0 Å². The van der Waals surface area contributed by atoms with E-state index in [4.69, 9.17) is 9.47 Å². The number of nitrogens with zero attached hydrogens (tertiary/aromatic N) is 2. The van der Waals surface area contributed by atoms with Crippen LogP contribution in [0.4, 0.5) is 0 Å². The van der Waals surface area contributed by atoms with Crippen molar-refractivity contribution in [2.45, 2.75) is 59.7 Å². The van der Waals surface area contributed by atoms with Crippen LogP contribution in [0.25, 0.3) is 0 Å². The van der Waals surface area contributed by atoms with E-state index in [0.29, 0.717) is 42.0 Å². The molecule has 0 saturated carbocycles. The first-order valence-corrected chi connectivity index (χ1v) is 9.48. The van der Waals surface area contributed by atoms with E-state index >= 15 is 0 Å². The average Bonchev–Trinajstić information content (AvgIpc) is 3.17. The third-order valence-electron chi connectivity index (χ3n) is 4.01. The molecule has 0 unspecified atom stereocenters. The number of aryl methyl sites for hydroxylation is 1. The summed E-state index contributed by atoms with van der Waals surface area (Å²) in [6, 6.07) is 0. The molecule has 8 nitrogen and oxygen atoms in total. The van der Waals surface area contributed by atoms with Crippen molar-refractivity contribution < 1.29 is 19.1 Å². The first-order chi connectivity index (χ1) is 13.2. The number of hydrogen-bond donors (Lipinski definition) is 2. The van der Waals surface area contributed by atoms with E-state index in [-0.39, 0.29) is 6.61 Å². The van der Waals surface area contributed by atoms with Crippen LogP contribution >= 0.6 is 0 Å². The van der Waals surface area contributed by atoms with Crippen molar-refractivity contribution in [2.24, 2.45) is 7.05 Å². The molecule has 28 heavy (non-hydrogen) atoms. The van der Waals surface area contributed by atoms with E-state index in [9.17, 15) is 9.59 Å². The molecule has 2 N–H and O–H groups in total. The summed E-state index contributed by atoms with van der Waals surface area (Å²) in [7, 11) is 1.86. The highest BCUT2D eigenvalue weighted by Gasteiger charge is 2.29. The minimum Gasteiger partial charge on any atom is -0.462 e. The summed E-state index contributed by atoms with van der Waals surface area (Å²) in [4.78, 5) is 28.3. The lowest BCUT2D eigenvalue weighted by molar-refractivity contribution is 0.00622. The van der Waals surface area contributed by atoms with Crippen LogP contribution in [0, 0.1) is 0 Å². The molecular weight excluding hydrogens is 360 g/mol. The number of rotatable bonds is 8. The molecular formula is C20H30N4O4. The number of ether oxygens (including phenoxy) is 2. The number of aromatic nitrogens is 3. The first kappa shape index (κ1) is 21.7. The molecule has 0 aromatic carbocycles. The zero-order valence-corrected chi connectivity index (χ0v) is 17.5. The Morgan fingerprint density at radius 3 is 2.46 bits per heavy atom. The second-order valence-corrected chi connectivity index (χ2v) is 7.53. The van der Waals surface area contributed by atoms with Crippen LogP contribution in [0.2, 0.25) is 0 Å². The lowest BCUT2D eigenvalue weighted by atomic mass is 10.1. The van der Waals surface area contributed by atoms with Crippen LogP contribution in [-0.4, -0.2) is 38.9 Å². The molecule has 0 amide bonds. The van der Waals surface area contributed by atoms with E-state index < -0.39 is 17.5 Å². The number of aromatic amines is 1. The predicted molar refractivity (Wildman–Crippen MR) is 105 cm³/mol. The zero-order valence-electron chi connectivity index (χ0n) is 17.5. The van der Waals surface area contributed by atoms with Gasteiger partial charge in [-0.1, -0.05) is 6.92 Å². The Labute approximate surface area is 165 Å². The number of nitrogens with one attached hydrogen (secondary N) is 2. The van der Waals surface area contributed by atoms with Crippen molar-refractivity contribution in [2.75, 3.05) is 6.61 Å². The van der Waals surface area contributed by atoms with Crippen molar-refractivity contribution in [3.8, 4) is 0 Å². The van der Waals surface area contributed by atoms with E-state index in [2.05, 4.69) is 15.4 Å². The van der Waals surface area contributed by atoms with Crippen molar-refractivity contribution in [3.63, 3.8) is 0 Å². The maximum Gasteiger partial charge on any atom is 0.355 e. The van der Waals surface area contributed by atoms with E-state index in [1.165, 1.54) is 0 Å². The Morgan fingerprint density at radius 2 is 1.93 bits per heavy atom. The molecule has 0 saturated heterocycles. The SMILES string of the molecule is CCOC(=O)c1c(CNCc2cnn(C)c2)[nH]c(C(=O)OC(C)(C)C)c1CC. The molecule has 0 radical (unpaired) electrons. The Kier molecular flexibility index (Phi) is 7.01. The number of H-pyrrole nitrogens is 1. The monoisotopic (exact) mass is 390 g/mol. The highest BCUT2D eigenvalue weighted by molar-refractivity contribution is 5.98. The highest BCUT2D eigenvalue weighted by atomic mass is 16.6. The van der Waals surface area contributed by atoms with Crippen molar-refractivity contribution in [1.29, 1.82) is 0 Å². The van der Waals surface area contributed by atoms with Gasteiger partial charge in [0.1, 0.15) is 11.3 Å². The summed E-state index contributed by atoms with van der Waals surface area (Å²) in [6.07, 6.45) is 4.19. The van der Waals surface area contributed by atoms with Gasteiger partial charge in [0.15, 0.2) is 0 Å². The maximum atomic E-state index is 12.6. The summed E-state index contributed by atoms with van der Waals surface area (Å²) < 4.78 is 12.4. The fourth-order valence-corrected chi connectivity index (χ4v) is 2.93. The van der Waals surface area contributed by atoms with Crippen molar-refractivity contribution in [3.05, 3.63) is 40.5 Å². The van der Waals surface area contributed by atoms with Crippen molar-refractivity contribution >= 4 is 11.9 Å². The van der Waals surface area contributed by atoms with Crippen LogP contribution < -0.4 is 5.32 Å². The van der Waals surface area contributed by atoms with Gasteiger partial charge in [-0.3, -0.25) is 4.68 Å². The molecule has 154 valence electrons. The summed E-state index contributed by atoms with van der Waals surface area (Å²) in [5.41, 5.74) is 2.33. The van der Waals surface area contributed by atoms with Crippen LogP contribution in [0.1, 0.15) is 72.3 Å². The van der Waals surface area contributed by atoms with E-state index in [0.717, 1.165) is 5.56 Å². The number of hydrogen-bond acceptors (Lipinski definition) is 6. The third-order valence-corrected chi connectivity index (χ3v) is 4.01. The average molecular weight is 390 g/mol. The van der Waals surface area contributed by atoms with E-state index in [1.807, 2.05) is 40.9 Å². The minimum atomic E-state index is -0.629. The summed E-state index contributed by atoms with van der Waals surface area (Å²) >= 11 is 0. The Balaban J connectivity index is 2.30. The van der Waals surface area contributed by atoms with Gasteiger partial charge >= 0.3 is 11.9 Å². The minimum absolute atomic E-state index is 0.261. The van der Waals surface area contributed by atoms with Gasteiger partial charge in [0.2, 0.25) is 0 Å². The Bertz CT molecular complexity index is 830. The molecule has 8 heteroatoms. The quantitative estimate of drug-likeness (QED) is 0.673. The summed E-state index contributed by atoms with van der Waals surface area (Å²) in [5.74, 6) is -0.919. The van der Waals surface area contributed by atoms with Crippen LogP contribution in [0.5, 0.6) is 0 Å². The molecule has 0 bridgehead atoms. The zero-order chi connectivity index (χ0) is 20.9. The molecule has 2 aromatic heterocycles. The number of carbonyl (C=O) groups is 2. The molecule has 2 rings (SSSR count). The molecule has 0 atom stereocenters. The fourth-order valence-electron chi connectivity index (χ4n) is 2.93. The smallest absolute Gasteiger partial charge is 0.355 e. The number of carbonyl (C=O) groups excluding carboxylic acids is 2. The lowest BCUT2D eigenvalue weighted by Crippen LogP contribution is -2.24. The fraction of sp³-hybridized carbons (Fsp3) is 0.550. The predicted octanol–water partition coefficient (Wildman–Crippen LogP) is 2.73. The topological polar surface area (TPSA) is 98.2 Å². The normalized spacial score (nSPS) is 11.5. The van der Waals surface area contributed by atoms with Gasteiger partial charge in [0.05, 0.1) is 18.4 Å². The second-order valence-electron chi connectivity index (χ2n) is 7.53. The maximum absolute atomic E-state index is 12.6. The van der Waals surface area contributed by atoms with Gasteiger partial charge < -0.3 is 19.8 Å². The molecule has 2 heterocycles. The van der Waals surface area contributed by atoms with Crippen LogP contribution in [0.3, 0.4) is 0 Å². The lowest BCUT2D eigenvalue weighted by Gasteiger charge is -2.19. The Hall–Kier alpha value is -2.61. The summed E-state index contributed by atoms with van der Waals surface area (Å²) in [5, 5.41) is 7.41. The standard InChI is InChI=1S/C20H30N4O4/c1-7-14-16(18(25)27-8-2)15(11-21-9-13-10-22-24(6)12-13)23-17(14)19(26)28-20(3,4)5/h10,12,21,23H,7-9,11H2,1-6H3. The molecule has 2 aromatic rings. The second kappa shape index (κ2) is 9.05. The molecule has 0 spiro atoms.